The lowest BCUT2D eigenvalue weighted by molar-refractivity contribution is -0.142. The van der Waals surface area contributed by atoms with Crippen LogP contribution in [0, 0.1) is 0 Å². The molecule has 94 valence electrons. The molecule has 17 heavy (non-hydrogen) atoms. The van der Waals surface area contributed by atoms with Crippen molar-refractivity contribution in [3.63, 3.8) is 0 Å². The van der Waals surface area contributed by atoms with Crippen molar-refractivity contribution in [2.45, 2.75) is 25.3 Å². The topological polar surface area (TPSA) is 108 Å². The van der Waals surface area contributed by atoms with Gasteiger partial charge in [-0.25, -0.2) is 4.79 Å². The molecular formula is C11H17N3O3. The van der Waals surface area contributed by atoms with Crippen molar-refractivity contribution >= 4 is 11.9 Å². The van der Waals surface area contributed by atoms with E-state index in [2.05, 4.69) is 10.3 Å². The molecule has 0 aromatic carbocycles. The first-order valence-electron chi connectivity index (χ1n) is 5.24. The van der Waals surface area contributed by atoms with E-state index in [0.29, 0.717) is 6.54 Å². The molecule has 1 unspecified atom stereocenters. The molecule has 0 saturated heterocycles. The van der Waals surface area contributed by atoms with Gasteiger partial charge in [-0.3, -0.25) is 4.79 Å². The van der Waals surface area contributed by atoms with Crippen LogP contribution in [0.3, 0.4) is 0 Å². The number of carbonyl (C=O) groups excluding carboxylic acids is 1. The number of H-pyrrole nitrogens is 1. The minimum absolute atomic E-state index is 0.284. The van der Waals surface area contributed by atoms with Gasteiger partial charge < -0.3 is 21.1 Å². The van der Waals surface area contributed by atoms with E-state index in [0.717, 1.165) is 5.56 Å². The van der Waals surface area contributed by atoms with Gasteiger partial charge in [0.25, 0.3) is 0 Å². The van der Waals surface area contributed by atoms with Crippen LogP contribution in [0.4, 0.5) is 0 Å². The van der Waals surface area contributed by atoms with E-state index in [-0.39, 0.29) is 5.41 Å². The molecule has 0 radical (unpaired) electrons. The highest BCUT2D eigenvalue weighted by atomic mass is 16.4. The third-order valence-electron chi connectivity index (χ3n) is 2.63. The Balaban J connectivity index is 2.56. The van der Waals surface area contributed by atoms with Crippen molar-refractivity contribution in [3.8, 4) is 0 Å². The number of carbonyl (C=O) groups is 2. The molecule has 1 atom stereocenters. The molecule has 5 N–H and O–H groups in total. The summed E-state index contributed by atoms with van der Waals surface area (Å²) < 4.78 is 0. The number of carboxylic acids is 1. The molecule has 1 aromatic heterocycles. The summed E-state index contributed by atoms with van der Waals surface area (Å²) >= 11 is 0. The Morgan fingerprint density at radius 2 is 2.24 bits per heavy atom. The second-order valence-corrected chi connectivity index (χ2v) is 4.52. The van der Waals surface area contributed by atoms with Crippen molar-refractivity contribution < 1.29 is 14.7 Å². The summed E-state index contributed by atoms with van der Waals surface area (Å²) in [4.78, 5) is 24.8. The first kappa shape index (κ1) is 13.2. The molecular weight excluding hydrogens is 222 g/mol. The predicted octanol–water partition coefficient (Wildman–Crippen LogP) is -0.180. The van der Waals surface area contributed by atoms with E-state index in [1.54, 1.807) is 6.20 Å². The molecule has 1 aromatic rings. The van der Waals surface area contributed by atoms with Crippen LogP contribution in [0.25, 0.3) is 0 Å². The zero-order valence-electron chi connectivity index (χ0n) is 9.86. The zero-order valence-corrected chi connectivity index (χ0v) is 9.86. The zero-order chi connectivity index (χ0) is 13.1. The Hall–Kier alpha value is -1.82. The fraction of sp³-hybridized carbons (Fsp3) is 0.455. The number of nitrogens with two attached hydrogens (primary N) is 1. The van der Waals surface area contributed by atoms with Crippen molar-refractivity contribution in [1.82, 2.24) is 10.3 Å². The minimum atomic E-state index is -1.52. The minimum Gasteiger partial charge on any atom is -0.480 e. The summed E-state index contributed by atoms with van der Waals surface area (Å²) in [5.41, 5.74) is 5.94. The summed E-state index contributed by atoms with van der Waals surface area (Å²) in [6.07, 6.45) is 3.63. The van der Waals surface area contributed by atoms with Gasteiger partial charge in [0, 0.05) is 24.4 Å². The van der Waals surface area contributed by atoms with Crippen LogP contribution in [-0.4, -0.2) is 34.6 Å². The smallest absolute Gasteiger partial charge is 0.330 e. The lowest BCUT2D eigenvalue weighted by Crippen LogP contribution is -2.48. The number of rotatable bonds is 5. The molecule has 6 heteroatoms. The Labute approximate surface area is 99.2 Å². The van der Waals surface area contributed by atoms with Crippen molar-refractivity contribution in [2.24, 2.45) is 5.73 Å². The lowest BCUT2D eigenvalue weighted by Gasteiger charge is -2.24. The number of hydrogen-bond acceptors (Lipinski definition) is 3. The maximum Gasteiger partial charge on any atom is 0.330 e. The van der Waals surface area contributed by atoms with E-state index in [9.17, 15) is 9.59 Å². The highest BCUT2D eigenvalue weighted by molar-refractivity contribution is 6.00. The van der Waals surface area contributed by atoms with E-state index in [1.165, 1.54) is 0 Å². The molecule has 0 spiro atoms. The van der Waals surface area contributed by atoms with Crippen LogP contribution >= 0.6 is 0 Å². The third kappa shape index (κ3) is 3.32. The Kier molecular flexibility index (Phi) is 3.90. The Morgan fingerprint density at radius 1 is 1.59 bits per heavy atom. The van der Waals surface area contributed by atoms with E-state index in [1.807, 2.05) is 26.1 Å². The molecule has 0 fully saturated rings. The van der Waals surface area contributed by atoms with Crippen LogP contribution in [-0.2, 0) is 15.0 Å². The van der Waals surface area contributed by atoms with Gasteiger partial charge in [0.2, 0.25) is 5.91 Å². The monoisotopic (exact) mass is 239 g/mol. The number of carboxylic acid groups (broad SMARTS) is 1. The first-order chi connectivity index (χ1) is 7.84. The Morgan fingerprint density at radius 3 is 2.71 bits per heavy atom. The molecule has 1 rings (SSSR count). The highest BCUT2D eigenvalue weighted by Gasteiger charge is 2.25. The normalized spacial score (nSPS) is 13.1. The number of aromatic nitrogens is 1. The van der Waals surface area contributed by atoms with E-state index in [4.69, 9.17) is 10.8 Å². The number of aliphatic carboxylic acids is 1. The number of hydrogen-bond donors (Lipinski definition) is 4. The van der Waals surface area contributed by atoms with Crippen LogP contribution in [0.15, 0.2) is 18.5 Å². The summed E-state index contributed by atoms with van der Waals surface area (Å²) in [5, 5.41) is 11.1. The van der Waals surface area contributed by atoms with Crippen molar-refractivity contribution in [2.75, 3.05) is 6.54 Å². The number of nitrogens with one attached hydrogen (secondary N) is 2. The number of aromatic amines is 1. The summed E-state index contributed by atoms with van der Waals surface area (Å²) in [5.74, 6) is -2.01. The van der Waals surface area contributed by atoms with Crippen LogP contribution in [0.2, 0.25) is 0 Å². The van der Waals surface area contributed by atoms with Gasteiger partial charge in [-0.05, 0) is 11.6 Å². The van der Waals surface area contributed by atoms with Crippen LogP contribution in [0.1, 0.15) is 19.4 Å². The molecule has 6 nitrogen and oxygen atoms in total. The number of amides is 1. The maximum atomic E-state index is 11.4. The van der Waals surface area contributed by atoms with Gasteiger partial charge in [-0.1, -0.05) is 13.8 Å². The Bertz CT molecular complexity index is 398. The molecule has 0 saturated carbocycles. The first-order valence-corrected chi connectivity index (χ1v) is 5.24. The average Bonchev–Trinajstić information content (AvgIpc) is 2.78. The largest absolute Gasteiger partial charge is 0.480 e. The van der Waals surface area contributed by atoms with Gasteiger partial charge >= 0.3 is 5.97 Å². The van der Waals surface area contributed by atoms with Gasteiger partial charge in [-0.15, -0.1) is 0 Å². The van der Waals surface area contributed by atoms with Gasteiger partial charge in [0.05, 0.1) is 0 Å². The highest BCUT2D eigenvalue weighted by Crippen LogP contribution is 2.21. The predicted molar refractivity (Wildman–Crippen MR) is 62.4 cm³/mol. The summed E-state index contributed by atoms with van der Waals surface area (Å²) in [6.45, 7) is 4.22. The fourth-order valence-corrected chi connectivity index (χ4v) is 1.38. The standard InChI is InChI=1S/C11H17N3O3/c1-11(2,7-3-4-13-5-7)6-14-9(15)8(12)10(16)17/h3-5,8,13H,6,12H2,1-2H3,(H,14,15)(H,16,17). The third-order valence-corrected chi connectivity index (χ3v) is 2.63. The summed E-state index contributed by atoms with van der Waals surface area (Å²) in [6, 6.07) is 0.389. The second kappa shape index (κ2) is 5.01. The van der Waals surface area contributed by atoms with E-state index < -0.39 is 17.9 Å². The van der Waals surface area contributed by atoms with Crippen molar-refractivity contribution in [1.29, 1.82) is 0 Å². The van der Waals surface area contributed by atoms with Gasteiger partial charge in [0.1, 0.15) is 0 Å². The van der Waals surface area contributed by atoms with Gasteiger partial charge in [-0.2, -0.15) is 0 Å². The molecule has 0 aliphatic heterocycles. The van der Waals surface area contributed by atoms with Gasteiger partial charge in [0.15, 0.2) is 6.04 Å². The quantitative estimate of drug-likeness (QED) is 0.534. The molecule has 0 aliphatic carbocycles. The van der Waals surface area contributed by atoms with Crippen LogP contribution < -0.4 is 11.1 Å². The van der Waals surface area contributed by atoms with Crippen LogP contribution in [0.5, 0.6) is 0 Å². The maximum absolute atomic E-state index is 11.4. The SMILES string of the molecule is CC(C)(CNC(=O)C(N)C(=O)O)c1cc[nH]c1. The second-order valence-electron chi connectivity index (χ2n) is 4.52. The van der Waals surface area contributed by atoms with E-state index >= 15 is 0 Å². The van der Waals surface area contributed by atoms with Crippen molar-refractivity contribution in [3.05, 3.63) is 24.0 Å². The lowest BCUT2D eigenvalue weighted by atomic mass is 9.86. The molecule has 0 bridgehead atoms. The molecule has 1 heterocycles. The molecule has 1 amide bonds. The fourth-order valence-electron chi connectivity index (χ4n) is 1.38. The summed E-state index contributed by atoms with van der Waals surface area (Å²) in [7, 11) is 0. The molecule has 0 aliphatic rings. The average molecular weight is 239 g/mol.